The van der Waals surface area contributed by atoms with E-state index in [1.165, 1.54) is 17.5 Å². The van der Waals surface area contributed by atoms with Crippen LogP contribution in [0, 0.1) is 0 Å². The standard InChI is InChI=1S/C11H14O/c1-3-5-9-7-10-8(4-2)6-11(9)12-10/h6-7H,3-5H2,1-2H3. The van der Waals surface area contributed by atoms with Crippen LogP contribution in [0.25, 0.3) is 11.2 Å². The Morgan fingerprint density at radius 2 is 1.75 bits per heavy atom. The molecule has 2 aromatic heterocycles. The van der Waals surface area contributed by atoms with Crippen molar-refractivity contribution in [1.29, 1.82) is 0 Å². The monoisotopic (exact) mass is 162 g/mol. The van der Waals surface area contributed by atoms with Gasteiger partial charge >= 0.3 is 0 Å². The predicted molar refractivity (Wildman–Crippen MR) is 50.8 cm³/mol. The van der Waals surface area contributed by atoms with Crippen molar-refractivity contribution in [2.45, 2.75) is 33.1 Å². The molecular formula is C11H14O. The van der Waals surface area contributed by atoms with E-state index in [2.05, 4.69) is 26.0 Å². The molecule has 64 valence electrons. The Hall–Kier alpha value is -0.980. The predicted octanol–water partition coefficient (Wildman–Crippen LogP) is 3.39. The average molecular weight is 162 g/mol. The van der Waals surface area contributed by atoms with Crippen molar-refractivity contribution >= 4 is 11.2 Å². The van der Waals surface area contributed by atoms with Gasteiger partial charge in [-0.3, -0.25) is 0 Å². The average Bonchev–Trinajstić information content (AvgIpc) is 2.62. The zero-order valence-corrected chi connectivity index (χ0v) is 7.68. The van der Waals surface area contributed by atoms with Crippen molar-refractivity contribution in [2.75, 3.05) is 0 Å². The van der Waals surface area contributed by atoms with Crippen molar-refractivity contribution in [2.24, 2.45) is 0 Å². The van der Waals surface area contributed by atoms with E-state index in [4.69, 9.17) is 4.42 Å². The molecule has 1 heteroatoms. The van der Waals surface area contributed by atoms with Crippen LogP contribution in [0.15, 0.2) is 16.5 Å². The fraction of sp³-hybridized carbons (Fsp3) is 0.455. The molecule has 0 aliphatic carbocycles. The van der Waals surface area contributed by atoms with Gasteiger partial charge in [0.1, 0.15) is 11.2 Å². The number of aryl methyl sites for hydroxylation is 2. The second-order valence-electron chi connectivity index (χ2n) is 3.27. The molecule has 0 saturated carbocycles. The number of fused-ring (bicyclic) bond motifs is 2. The van der Waals surface area contributed by atoms with Crippen LogP contribution in [-0.2, 0) is 12.8 Å². The summed E-state index contributed by atoms with van der Waals surface area (Å²) in [5.41, 5.74) is 4.93. The Balaban J connectivity index is 2.39. The second-order valence-corrected chi connectivity index (χ2v) is 3.27. The zero-order chi connectivity index (χ0) is 8.55. The molecule has 2 heterocycles. The lowest BCUT2D eigenvalue weighted by Gasteiger charge is -1.93. The molecular weight excluding hydrogens is 148 g/mol. The molecule has 0 aliphatic heterocycles. The Morgan fingerprint density at radius 3 is 2.25 bits per heavy atom. The van der Waals surface area contributed by atoms with Crippen LogP contribution in [0.2, 0.25) is 0 Å². The highest BCUT2D eigenvalue weighted by molar-refractivity contribution is 5.70. The van der Waals surface area contributed by atoms with Crippen LogP contribution < -0.4 is 0 Å². The van der Waals surface area contributed by atoms with E-state index in [0.717, 1.165) is 24.0 Å². The lowest BCUT2D eigenvalue weighted by atomic mass is 10.1. The molecule has 12 heavy (non-hydrogen) atoms. The lowest BCUT2D eigenvalue weighted by molar-refractivity contribution is 0.669. The number of hydrogen-bond acceptors (Lipinski definition) is 1. The summed E-state index contributed by atoms with van der Waals surface area (Å²) in [6.45, 7) is 4.36. The smallest absolute Gasteiger partial charge is 0.131 e. The molecule has 0 aliphatic rings. The Bertz CT molecular complexity index is 359. The van der Waals surface area contributed by atoms with E-state index in [1.807, 2.05) is 0 Å². The summed E-state index contributed by atoms with van der Waals surface area (Å²) in [7, 11) is 0. The molecule has 0 unspecified atom stereocenters. The van der Waals surface area contributed by atoms with E-state index in [9.17, 15) is 0 Å². The highest BCUT2D eigenvalue weighted by Crippen LogP contribution is 2.27. The van der Waals surface area contributed by atoms with E-state index < -0.39 is 0 Å². The van der Waals surface area contributed by atoms with Gasteiger partial charge < -0.3 is 4.42 Å². The van der Waals surface area contributed by atoms with E-state index in [1.54, 1.807) is 0 Å². The van der Waals surface area contributed by atoms with Crippen LogP contribution in [0.3, 0.4) is 0 Å². The van der Waals surface area contributed by atoms with E-state index in [-0.39, 0.29) is 0 Å². The Morgan fingerprint density at radius 1 is 1.08 bits per heavy atom. The Labute approximate surface area is 72.7 Å². The molecule has 1 nitrogen and oxygen atoms in total. The minimum Gasteiger partial charge on any atom is -0.457 e. The van der Waals surface area contributed by atoms with E-state index >= 15 is 0 Å². The van der Waals surface area contributed by atoms with Gasteiger partial charge in [0.15, 0.2) is 0 Å². The van der Waals surface area contributed by atoms with Gasteiger partial charge in [0, 0.05) is 0 Å². The van der Waals surface area contributed by atoms with Gasteiger partial charge in [-0.2, -0.15) is 0 Å². The summed E-state index contributed by atoms with van der Waals surface area (Å²) in [5, 5.41) is 0. The van der Waals surface area contributed by atoms with Gasteiger partial charge in [-0.05, 0) is 36.1 Å². The normalized spacial score (nSPS) is 11.5. The first kappa shape index (κ1) is 7.66. The van der Waals surface area contributed by atoms with Crippen LogP contribution in [0.5, 0.6) is 0 Å². The zero-order valence-electron chi connectivity index (χ0n) is 7.68. The van der Waals surface area contributed by atoms with Gasteiger partial charge in [-0.25, -0.2) is 0 Å². The molecule has 2 bridgehead atoms. The number of hydrogen-bond donors (Lipinski definition) is 0. The van der Waals surface area contributed by atoms with Gasteiger partial charge in [-0.1, -0.05) is 20.3 Å². The third-order valence-corrected chi connectivity index (χ3v) is 2.36. The Kier molecular flexibility index (Phi) is 1.80. The number of rotatable bonds is 3. The molecule has 0 amide bonds. The topological polar surface area (TPSA) is 13.1 Å². The van der Waals surface area contributed by atoms with Gasteiger partial charge in [0.05, 0.1) is 0 Å². The first-order valence-corrected chi connectivity index (χ1v) is 4.68. The maximum absolute atomic E-state index is 5.59. The maximum atomic E-state index is 5.59. The molecule has 0 spiro atoms. The van der Waals surface area contributed by atoms with Gasteiger partial charge in [0.25, 0.3) is 0 Å². The van der Waals surface area contributed by atoms with Crippen LogP contribution in [-0.4, -0.2) is 0 Å². The maximum Gasteiger partial charge on any atom is 0.131 e. The summed E-state index contributed by atoms with van der Waals surface area (Å²) in [4.78, 5) is 0. The van der Waals surface area contributed by atoms with Crippen molar-refractivity contribution < 1.29 is 4.42 Å². The largest absolute Gasteiger partial charge is 0.457 e. The summed E-state index contributed by atoms with van der Waals surface area (Å²) in [5.74, 6) is 0. The molecule has 2 aromatic rings. The van der Waals surface area contributed by atoms with Crippen LogP contribution in [0.1, 0.15) is 31.4 Å². The van der Waals surface area contributed by atoms with Crippen molar-refractivity contribution in [3.8, 4) is 0 Å². The van der Waals surface area contributed by atoms with Crippen molar-refractivity contribution in [1.82, 2.24) is 0 Å². The number of benzene rings is 1. The van der Waals surface area contributed by atoms with Crippen molar-refractivity contribution in [3.05, 3.63) is 23.3 Å². The second kappa shape index (κ2) is 2.81. The SMILES string of the molecule is CCCc1cc2oc1cc2CC. The highest BCUT2D eigenvalue weighted by Gasteiger charge is 2.10. The van der Waals surface area contributed by atoms with Crippen LogP contribution >= 0.6 is 0 Å². The van der Waals surface area contributed by atoms with Gasteiger partial charge in [0.2, 0.25) is 0 Å². The minimum absolute atomic E-state index is 1.08. The fourth-order valence-electron chi connectivity index (χ4n) is 1.69. The fourth-order valence-corrected chi connectivity index (χ4v) is 1.69. The minimum atomic E-state index is 1.08. The molecule has 0 saturated heterocycles. The summed E-state index contributed by atoms with van der Waals surface area (Å²) >= 11 is 0. The first-order valence-electron chi connectivity index (χ1n) is 4.68. The quantitative estimate of drug-likeness (QED) is 0.674. The lowest BCUT2D eigenvalue weighted by Crippen LogP contribution is -1.82. The third kappa shape index (κ3) is 1.01. The third-order valence-electron chi connectivity index (χ3n) is 2.36. The first-order chi connectivity index (χ1) is 5.85. The van der Waals surface area contributed by atoms with Crippen LogP contribution in [0.4, 0.5) is 0 Å². The van der Waals surface area contributed by atoms with E-state index in [0.29, 0.717) is 0 Å². The molecule has 0 N–H and O–H groups in total. The summed E-state index contributed by atoms with van der Waals surface area (Å²) in [6.07, 6.45) is 3.42. The molecule has 0 fully saturated rings. The molecule has 0 aromatic carbocycles. The van der Waals surface area contributed by atoms with Gasteiger partial charge in [-0.15, -0.1) is 0 Å². The highest BCUT2D eigenvalue weighted by atomic mass is 16.3. The number of furan rings is 2. The molecule has 2 rings (SSSR count). The summed E-state index contributed by atoms with van der Waals surface area (Å²) < 4.78 is 5.59. The van der Waals surface area contributed by atoms with Crippen molar-refractivity contribution in [3.63, 3.8) is 0 Å². The summed E-state index contributed by atoms with van der Waals surface area (Å²) in [6, 6.07) is 4.37. The molecule has 0 radical (unpaired) electrons. The molecule has 0 atom stereocenters.